The Bertz CT molecular complexity index is 444. The van der Waals surface area contributed by atoms with Gasteiger partial charge < -0.3 is 10.1 Å². The largest absolute Gasteiger partial charge is 0.468 e. The summed E-state index contributed by atoms with van der Waals surface area (Å²) in [7, 11) is 1.43. The maximum Gasteiger partial charge on any atom is 0.325 e. The molecule has 1 rings (SSSR count). The number of aromatic nitrogens is 3. The van der Waals surface area contributed by atoms with Crippen molar-refractivity contribution in [2.24, 2.45) is 0 Å². The second-order valence-corrected chi connectivity index (χ2v) is 5.24. The van der Waals surface area contributed by atoms with E-state index in [4.69, 9.17) is 4.74 Å². The maximum absolute atomic E-state index is 11.8. The van der Waals surface area contributed by atoms with E-state index in [1.54, 1.807) is 0 Å². The van der Waals surface area contributed by atoms with E-state index in [0.29, 0.717) is 0 Å². The van der Waals surface area contributed by atoms with Crippen molar-refractivity contribution in [3.8, 4) is 0 Å². The van der Waals surface area contributed by atoms with Gasteiger partial charge in [0.05, 0.1) is 7.11 Å². The number of aryl methyl sites for hydroxylation is 3. The molecular weight excluding hydrogens is 256 g/mol. The first-order valence-electron chi connectivity index (χ1n) is 7.14. The summed E-state index contributed by atoms with van der Waals surface area (Å²) in [4.78, 5) is 16.1. The molecule has 114 valence electrons. The van der Waals surface area contributed by atoms with E-state index in [0.717, 1.165) is 44.0 Å². The minimum Gasteiger partial charge on any atom is -0.468 e. The molecule has 0 spiro atoms. The normalized spacial score (nSPS) is 14.1. The summed E-state index contributed by atoms with van der Waals surface area (Å²) in [6, 6.07) is 0. The Labute approximate surface area is 120 Å². The van der Waals surface area contributed by atoms with Gasteiger partial charge in [-0.1, -0.05) is 6.92 Å². The Morgan fingerprint density at radius 1 is 1.40 bits per heavy atom. The Morgan fingerprint density at radius 2 is 2.10 bits per heavy atom. The van der Waals surface area contributed by atoms with E-state index in [1.165, 1.54) is 7.11 Å². The highest BCUT2D eigenvalue weighted by molar-refractivity contribution is 5.80. The minimum atomic E-state index is -0.600. The third-order valence-corrected chi connectivity index (χ3v) is 3.46. The molecule has 0 amide bonds. The molecule has 0 radical (unpaired) electrons. The van der Waals surface area contributed by atoms with E-state index < -0.39 is 5.54 Å². The van der Waals surface area contributed by atoms with Crippen LogP contribution in [0.15, 0.2) is 0 Å². The highest BCUT2D eigenvalue weighted by Gasteiger charge is 2.32. The fraction of sp³-hybridized carbons (Fsp3) is 0.786. The average Bonchev–Trinajstić information content (AvgIpc) is 2.72. The van der Waals surface area contributed by atoms with Crippen molar-refractivity contribution in [1.82, 2.24) is 20.1 Å². The molecule has 0 saturated heterocycles. The fourth-order valence-corrected chi connectivity index (χ4v) is 2.39. The molecule has 0 aliphatic rings. The van der Waals surface area contributed by atoms with Crippen LogP contribution in [0.4, 0.5) is 0 Å². The Balaban J connectivity index is 2.45. The molecular formula is C14H26N4O2. The highest BCUT2D eigenvalue weighted by Crippen LogP contribution is 2.16. The van der Waals surface area contributed by atoms with Gasteiger partial charge in [-0.05, 0) is 46.6 Å². The molecule has 0 aromatic carbocycles. The number of carbonyl (C=O) groups excluding carboxylic acids is 1. The molecule has 0 fully saturated rings. The van der Waals surface area contributed by atoms with Gasteiger partial charge in [0.25, 0.3) is 0 Å². The zero-order chi connectivity index (χ0) is 15.2. The van der Waals surface area contributed by atoms with Crippen LogP contribution >= 0.6 is 0 Å². The number of hydrogen-bond donors (Lipinski definition) is 1. The first-order valence-corrected chi connectivity index (χ1v) is 7.14. The van der Waals surface area contributed by atoms with Gasteiger partial charge in [0.1, 0.15) is 17.2 Å². The van der Waals surface area contributed by atoms with Crippen molar-refractivity contribution in [1.29, 1.82) is 0 Å². The lowest BCUT2D eigenvalue weighted by Crippen LogP contribution is -2.50. The van der Waals surface area contributed by atoms with Crippen LogP contribution in [0.3, 0.4) is 0 Å². The van der Waals surface area contributed by atoms with Crippen LogP contribution in [-0.2, 0) is 16.1 Å². The second kappa shape index (κ2) is 7.38. The van der Waals surface area contributed by atoms with Crippen molar-refractivity contribution >= 4 is 5.97 Å². The first kappa shape index (κ1) is 16.6. The van der Waals surface area contributed by atoms with E-state index in [2.05, 4.69) is 15.4 Å². The molecule has 0 saturated carbocycles. The number of methoxy groups -OCH3 is 1. The molecule has 20 heavy (non-hydrogen) atoms. The molecule has 1 aromatic heterocycles. The zero-order valence-corrected chi connectivity index (χ0v) is 13.2. The Morgan fingerprint density at radius 3 is 2.60 bits per heavy atom. The predicted octanol–water partition coefficient (Wildman–Crippen LogP) is 1.61. The van der Waals surface area contributed by atoms with Gasteiger partial charge in [-0.2, -0.15) is 5.10 Å². The van der Waals surface area contributed by atoms with Crippen molar-refractivity contribution in [2.45, 2.75) is 59.0 Å². The van der Waals surface area contributed by atoms with E-state index in [-0.39, 0.29) is 5.97 Å². The van der Waals surface area contributed by atoms with Crippen molar-refractivity contribution < 1.29 is 9.53 Å². The van der Waals surface area contributed by atoms with Crippen molar-refractivity contribution in [2.75, 3.05) is 13.7 Å². The summed E-state index contributed by atoms with van der Waals surface area (Å²) in [5.74, 6) is 1.53. The van der Waals surface area contributed by atoms with Crippen LogP contribution in [0, 0.1) is 13.8 Å². The highest BCUT2D eigenvalue weighted by atomic mass is 16.5. The van der Waals surface area contributed by atoms with Gasteiger partial charge in [0.15, 0.2) is 0 Å². The Hall–Kier alpha value is -1.43. The van der Waals surface area contributed by atoms with Gasteiger partial charge in [-0.15, -0.1) is 0 Å². The van der Waals surface area contributed by atoms with Crippen LogP contribution < -0.4 is 5.32 Å². The van der Waals surface area contributed by atoms with E-state index >= 15 is 0 Å². The Kier molecular flexibility index (Phi) is 6.13. The summed E-state index contributed by atoms with van der Waals surface area (Å²) in [6.45, 7) is 9.30. The fourth-order valence-electron chi connectivity index (χ4n) is 2.39. The molecule has 6 nitrogen and oxygen atoms in total. The molecule has 1 aromatic rings. The first-order chi connectivity index (χ1) is 9.42. The van der Waals surface area contributed by atoms with Crippen LogP contribution in [0.2, 0.25) is 0 Å². The van der Waals surface area contributed by atoms with Gasteiger partial charge in [0, 0.05) is 6.54 Å². The van der Waals surface area contributed by atoms with Crippen LogP contribution in [0.5, 0.6) is 0 Å². The number of ether oxygens (including phenoxy) is 1. The lowest BCUT2D eigenvalue weighted by Gasteiger charge is -2.27. The van der Waals surface area contributed by atoms with Crippen LogP contribution in [0.1, 0.15) is 44.8 Å². The summed E-state index contributed by atoms with van der Waals surface area (Å²) in [6.07, 6.45) is 2.64. The standard InChI is InChI=1S/C14H26N4O2/c1-6-15-14(4,13(19)20-5)9-7-8-10-18-12(3)16-11(2)17-18/h15H,6-10H2,1-5H3. The third-order valence-electron chi connectivity index (χ3n) is 3.46. The number of carbonyl (C=O) groups is 1. The molecule has 1 heterocycles. The number of nitrogens with zero attached hydrogens (tertiary/aromatic N) is 3. The third kappa shape index (κ3) is 4.30. The van der Waals surface area contributed by atoms with Gasteiger partial charge in [0.2, 0.25) is 0 Å². The quantitative estimate of drug-likeness (QED) is 0.579. The average molecular weight is 282 g/mol. The lowest BCUT2D eigenvalue weighted by atomic mass is 9.94. The molecule has 1 unspecified atom stereocenters. The second-order valence-electron chi connectivity index (χ2n) is 5.24. The number of nitrogens with one attached hydrogen (secondary N) is 1. The SMILES string of the molecule is CCNC(C)(CCCCn1nc(C)nc1C)C(=O)OC. The number of unbranched alkanes of at least 4 members (excludes halogenated alkanes) is 1. The zero-order valence-electron chi connectivity index (χ0n) is 13.2. The molecule has 0 bridgehead atoms. The predicted molar refractivity (Wildman–Crippen MR) is 77.4 cm³/mol. The molecule has 0 aliphatic carbocycles. The van der Waals surface area contributed by atoms with Crippen LogP contribution in [-0.4, -0.2) is 39.9 Å². The number of hydrogen-bond acceptors (Lipinski definition) is 5. The number of likely N-dealkylation sites (N-methyl/N-ethyl adjacent to an activating group) is 1. The number of esters is 1. The molecule has 1 atom stereocenters. The van der Waals surface area contributed by atoms with E-state index in [9.17, 15) is 4.79 Å². The maximum atomic E-state index is 11.8. The van der Waals surface area contributed by atoms with Gasteiger partial charge in [-0.25, -0.2) is 4.98 Å². The van der Waals surface area contributed by atoms with Crippen LogP contribution in [0.25, 0.3) is 0 Å². The van der Waals surface area contributed by atoms with Crippen molar-refractivity contribution in [3.63, 3.8) is 0 Å². The summed E-state index contributed by atoms with van der Waals surface area (Å²) >= 11 is 0. The molecule has 6 heteroatoms. The molecule has 1 N–H and O–H groups in total. The summed E-state index contributed by atoms with van der Waals surface area (Å²) in [5, 5.41) is 7.54. The summed E-state index contributed by atoms with van der Waals surface area (Å²) in [5.41, 5.74) is -0.600. The summed E-state index contributed by atoms with van der Waals surface area (Å²) < 4.78 is 6.79. The van der Waals surface area contributed by atoms with E-state index in [1.807, 2.05) is 32.4 Å². The van der Waals surface area contributed by atoms with Gasteiger partial charge in [-0.3, -0.25) is 9.48 Å². The van der Waals surface area contributed by atoms with Crippen molar-refractivity contribution in [3.05, 3.63) is 11.6 Å². The smallest absolute Gasteiger partial charge is 0.325 e. The topological polar surface area (TPSA) is 69.0 Å². The monoisotopic (exact) mass is 282 g/mol. The van der Waals surface area contributed by atoms with Gasteiger partial charge >= 0.3 is 5.97 Å². The number of rotatable bonds is 8. The molecule has 0 aliphatic heterocycles. The minimum absolute atomic E-state index is 0.202. The lowest BCUT2D eigenvalue weighted by molar-refractivity contribution is -0.148.